The van der Waals surface area contributed by atoms with Crippen molar-refractivity contribution in [1.82, 2.24) is 9.97 Å². The number of rotatable bonds is 10. The van der Waals surface area contributed by atoms with E-state index in [0.29, 0.717) is 12.8 Å². The maximum Gasteiger partial charge on any atom is 0.338 e. The number of benzene rings is 1. The Bertz CT molecular complexity index is 1010. The second-order valence-corrected chi connectivity index (χ2v) is 10.2. The van der Waals surface area contributed by atoms with E-state index in [1.165, 1.54) is 6.07 Å². The predicted octanol–water partition coefficient (Wildman–Crippen LogP) is 3.59. The second kappa shape index (κ2) is 10.5. The van der Waals surface area contributed by atoms with Gasteiger partial charge in [-0.1, -0.05) is 18.6 Å². The zero-order valence-corrected chi connectivity index (χ0v) is 18.8. The number of aromatic carboxylic acids is 1. The summed E-state index contributed by atoms with van der Waals surface area (Å²) in [6, 6.07) is 6.71. The van der Waals surface area contributed by atoms with Crippen molar-refractivity contribution in [2.75, 3.05) is 0 Å². The van der Waals surface area contributed by atoms with Crippen LogP contribution in [0.5, 0.6) is 0 Å². The fraction of sp³-hybridized carbons (Fsp3) is 0.455. The molecule has 1 aromatic heterocycles. The number of carbonyl (C=O) groups is 2. The van der Waals surface area contributed by atoms with E-state index in [1.807, 2.05) is 26.8 Å². The van der Waals surface area contributed by atoms with Gasteiger partial charge in [0.2, 0.25) is 0 Å². The molecule has 0 unspecified atom stereocenters. The van der Waals surface area contributed by atoms with Crippen molar-refractivity contribution in [1.29, 1.82) is 0 Å². The average molecular weight is 449 g/mol. The maximum atomic E-state index is 12.7. The number of unbranched alkanes of at least 4 members (excludes halogenated alkanes) is 2. The Kier molecular flexibility index (Phi) is 8.27. The minimum absolute atomic E-state index is 0.0394. The number of carbonyl (C=O) groups excluding carboxylic acids is 1. The summed E-state index contributed by atoms with van der Waals surface area (Å²) in [5, 5.41) is 8.87. The van der Waals surface area contributed by atoms with E-state index in [2.05, 4.69) is 9.97 Å². The molecule has 0 saturated heterocycles. The molecular weight excluding hydrogens is 420 g/mol. The average Bonchev–Trinajstić information content (AvgIpc) is 2.66. The van der Waals surface area contributed by atoms with Crippen LogP contribution < -0.4 is 0 Å². The fourth-order valence-corrected chi connectivity index (χ4v) is 4.13. The van der Waals surface area contributed by atoms with E-state index >= 15 is 0 Å². The normalized spacial score (nSPS) is 11.8. The number of carboxylic acid groups (broad SMARTS) is 1. The highest BCUT2D eigenvalue weighted by atomic mass is 32.2. The number of ether oxygens (including phenoxy) is 1. The molecule has 0 amide bonds. The van der Waals surface area contributed by atoms with Gasteiger partial charge in [0.25, 0.3) is 0 Å². The minimum atomic E-state index is -3.67. The van der Waals surface area contributed by atoms with Crippen molar-refractivity contribution in [3.63, 3.8) is 0 Å². The lowest BCUT2D eigenvalue weighted by molar-refractivity contribution is -0.154. The van der Waals surface area contributed by atoms with Crippen LogP contribution >= 0.6 is 0 Å². The summed E-state index contributed by atoms with van der Waals surface area (Å²) in [6.45, 7) is 5.51. The van der Waals surface area contributed by atoms with E-state index < -0.39 is 27.2 Å². The summed E-state index contributed by atoms with van der Waals surface area (Å²) in [5.41, 5.74) is 0.308. The molecular formula is C22H28N2O6S. The summed E-state index contributed by atoms with van der Waals surface area (Å²) in [7, 11) is -3.67. The third kappa shape index (κ3) is 8.45. The van der Waals surface area contributed by atoms with Crippen LogP contribution in [0.2, 0.25) is 0 Å². The lowest BCUT2D eigenvalue weighted by atomic mass is 10.1. The second-order valence-electron chi connectivity index (χ2n) is 8.25. The Labute approximate surface area is 182 Å². The molecule has 8 nitrogen and oxygen atoms in total. The monoisotopic (exact) mass is 448 g/mol. The van der Waals surface area contributed by atoms with E-state index in [0.717, 1.165) is 37.2 Å². The van der Waals surface area contributed by atoms with Gasteiger partial charge in [-0.2, -0.15) is 0 Å². The van der Waals surface area contributed by atoms with Crippen molar-refractivity contribution in [2.45, 2.75) is 69.1 Å². The molecule has 31 heavy (non-hydrogen) atoms. The highest BCUT2D eigenvalue weighted by molar-refractivity contribution is 7.90. The molecule has 0 aliphatic heterocycles. The van der Waals surface area contributed by atoms with Gasteiger partial charge in [-0.05, 0) is 57.7 Å². The van der Waals surface area contributed by atoms with Gasteiger partial charge in [0, 0.05) is 18.8 Å². The van der Waals surface area contributed by atoms with Gasteiger partial charge in [-0.25, -0.2) is 23.2 Å². The van der Waals surface area contributed by atoms with E-state index in [-0.39, 0.29) is 22.3 Å². The first-order valence-electron chi connectivity index (χ1n) is 10.0. The molecule has 1 aromatic carbocycles. The van der Waals surface area contributed by atoms with Gasteiger partial charge in [0.05, 0.1) is 10.5 Å². The number of hydrogen-bond donors (Lipinski definition) is 1. The minimum Gasteiger partial charge on any atom is -0.478 e. The smallest absolute Gasteiger partial charge is 0.338 e. The fourth-order valence-electron chi connectivity index (χ4n) is 2.86. The number of aromatic nitrogens is 2. The number of aryl methyl sites for hydroxylation is 1. The summed E-state index contributed by atoms with van der Waals surface area (Å²) >= 11 is 0. The van der Waals surface area contributed by atoms with Gasteiger partial charge in [0.1, 0.15) is 17.2 Å². The Morgan fingerprint density at radius 2 is 1.74 bits per heavy atom. The molecule has 1 N–H and O–H groups in total. The third-order valence-corrected chi connectivity index (χ3v) is 5.91. The lowest BCUT2D eigenvalue weighted by Gasteiger charge is -2.19. The Morgan fingerprint density at radius 1 is 1.06 bits per heavy atom. The standard InChI is InChI=1S/C22H28N2O6S/c1-22(2,3)30-20(25)11-6-4-5-8-16-9-7-10-18(12-16)31(28,29)15-19-23-13-17(14-24-19)21(26)27/h7,9-10,12-14H,4-6,8,11,15H2,1-3H3,(H,26,27). The maximum absolute atomic E-state index is 12.7. The van der Waals surface area contributed by atoms with Gasteiger partial charge in [-0.3, -0.25) is 4.79 Å². The van der Waals surface area contributed by atoms with E-state index in [4.69, 9.17) is 9.84 Å². The lowest BCUT2D eigenvalue weighted by Crippen LogP contribution is -2.23. The highest BCUT2D eigenvalue weighted by Gasteiger charge is 2.18. The van der Waals surface area contributed by atoms with Gasteiger partial charge < -0.3 is 9.84 Å². The molecule has 0 spiro atoms. The summed E-state index contributed by atoms with van der Waals surface area (Å²) < 4.78 is 30.7. The van der Waals surface area contributed by atoms with Gasteiger partial charge >= 0.3 is 11.9 Å². The molecule has 0 aliphatic rings. The first-order valence-corrected chi connectivity index (χ1v) is 11.7. The first-order chi connectivity index (χ1) is 14.5. The summed E-state index contributed by atoms with van der Waals surface area (Å²) in [4.78, 5) is 30.4. The SMILES string of the molecule is CC(C)(C)OC(=O)CCCCCc1cccc(S(=O)(=O)Cc2ncc(C(=O)O)cn2)c1. The summed E-state index contributed by atoms with van der Waals surface area (Å²) in [5.74, 6) is -1.75. The van der Waals surface area contributed by atoms with Crippen LogP contribution in [-0.2, 0) is 31.5 Å². The van der Waals surface area contributed by atoms with Crippen LogP contribution in [0, 0.1) is 0 Å². The van der Waals surface area contributed by atoms with Crippen LogP contribution in [0.4, 0.5) is 0 Å². The van der Waals surface area contributed by atoms with Crippen molar-refractivity contribution in [3.05, 3.63) is 53.6 Å². The van der Waals surface area contributed by atoms with Gasteiger partial charge in [0.15, 0.2) is 9.84 Å². The van der Waals surface area contributed by atoms with Crippen molar-refractivity contribution < 1.29 is 27.9 Å². The molecule has 0 saturated carbocycles. The number of nitrogens with zero attached hydrogens (tertiary/aromatic N) is 2. The van der Waals surface area contributed by atoms with Gasteiger partial charge in [-0.15, -0.1) is 0 Å². The topological polar surface area (TPSA) is 124 Å². The van der Waals surface area contributed by atoms with E-state index in [9.17, 15) is 18.0 Å². The molecule has 2 aromatic rings. The number of sulfone groups is 1. The number of hydrogen-bond acceptors (Lipinski definition) is 7. The van der Waals surface area contributed by atoms with Crippen LogP contribution in [0.25, 0.3) is 0 Å². The van der Waals surface area contributed by atoms with E-state index in [1.54, 1.807) is 12.1 Å². The number of carboxylic acids is 1. The van der Waals surface area contributed by atoms with Crippen molar-refractivity contribution in [2.24, 2.45) is 0 Å². The molecule has 9 heteroatoms. The molecule has 0 radical (unpaired) electrons. The van der Waals surface area contributed by atoms with Crippen LogP contribution in [0.15, 0.2) is 41.6 Å². The first kappa shape index (κ1) is 24.5. The predicted molar refractivity (Wildman–Crippen MR) is 114 cm³/mol. The molecule has 168 valence electrons. The molecule has 0 bridgehead atoms. The zero-order chi connectivity index (χ0) is 23.1. The zero-order valence-electron chi connectivity index (χ0n) is 18.0. The van der Waals surface area contributed by atoms with Crippen LogP contribution in [0.1, 0.15) is 68.2 Å². The summed E-state index contributed by atoms with van der Waals surface area (Å²) in [6.07, 6.45) is 5.62. The van der Waals surface area contributed by atoms with Crippen LogP contribution in [0.3, 0.4) is 0 Å². The quantitative estimate of drug-likeness (QED) is 0.432. The molecule has 2 rings (SSSR count). The highest BCUT2D eigenvalue weighted by Crippen LogP contribution is 2.18. The Morgan fingerprint density at radius 3 is 2.35 bits per heavy atom. The number of esters is 1. The Hall–Kier alpha value is -2.81. The van der Waals surface area contributed by atoms with Crippen LogP contribution in [-0.4, -0.2) is 41.0 Å². The largest absolute Gasteiger partial charge is 0.478 e. The molecule has 1 heterocycles. The third-order valence-electron chi connectivity index (χ3n) is 4.30. The molecule has 0 aliphatic carbocycles. The Balaban J connectivity index is 1.89. The van der Waals surface area contributed by atoms with Crippen molar-refractivity contribution >= 4 is 21.8 Å². The van der Waals surface area contributed by atoms with Crippen molar-refractivity contribution in [3.8, 4) is 0 Å². The molecule has 0 atom stereocenters. The molecule has 0 fully saturated rings.